The molecular weight excluding hydrogens is 488 g/mol. The zero-order valence-corrected chi connectivity index (χ0v) is 21.8. The van der Waals surface area contributed by atoms with Crippen LogP contribution in [0.2, 0.25) is 0 Å². The van der Waals surface area contributed by atoms with Crippen LogP contribution in [0.3, 0.4) is 0 Å². The number of amides is 2. The van der Waals surface area contributed by atoms with Crippen molar-refractivity contribution in [2.45, 2.75) is 64.0 Å². The number of carbonyl (C=O) groups is 5. The standard InChI is InChI=1S/C28H36N4O6/c1-3-5-17-38-27(37)28(15-16-33,20-12-7-9-14-22(20)30)32-26(36)23(31-25(35)10-4-2)18-24(34)19-11-6-8-13-21(19)29/h6-9,11-14,16,23H,3-5,10,15,17-18,29-30H2,1-2H3,(H,31,35)(H,32,36). The maximum Gasteiger partial charge on any atom is 0.337 e. The topological polar surface area (TPSA) is 171 Å². The Morgan fingerprint density at radius 2 is 1.63 bits per heavy atom. The molecule has 6 N–H and O–H groups in total. The summed E-state index contributed by atoms with van der Waals surface area (Å²) >= 11 is 0. The number of anilines is 2. The van der Waals surface area contributed by atoms with E-state index in [-0.39, 0.29) is 35.5 Å². The highest BCUT2D eigenvalue weighted by Crippen LogP contribution is 2.31. The normalized spacial score (nSPS) is 13.0. The smallest absolute Gasteiger partial charge is 0.337 e. The van der Waals surface area contributed by atoms with Crippen LogP contribution >= 0.6 is 0 Å². The van der Waals surface area contributed by atoms with E-state index in [9.17, 15) is 24.0 Å². The number of Topliss-reactive ketones (excluding diaryl/α,β-unsaturated/α-hetero) is 1. The average Bonchev–Trinajstić information content (AvgIpc) is 2.88. The van der Waals surface area contributed by atoms with Gasteiger partial charge in [-0.3, -0.25) is 14.4 Å². The Bertz CT molecular complexity index is 1150. The minimum absolute atomic E-state index is 0.0704. The second kappa shape index (κ2) is 14.5. The Balaban J connectivity index is 2.50. The van der Waals surface area contributed by atoms with E-state index in [0.29, 0.717) is 19.1 Å². The summed E-state index contributed by atoms with van der Waals surface area (Å²) in [5.74, 6) is -2.66. The van der Waals surface area contributed by atoms with Crippen molar-refractivity contribution >= 4 is 41.2 Å². The Hall–Kier alpha value is -4.21. The van der Waals surface area contributed by atoms with Crippen molar-refractivity contribution in [3.63, 3.8) is 0 Å². The molecule has 2 atom stereocenters. The van der Waals surface area contributed by atoms with E-state index in [1.54, 1.807) is 37.3 Å². The zero-order valence-electron chi connectivity index (χ0n) is 21.8. The zero-order chi connectivity index (χ0) is 28.1. The first-order valence-electron chi connectivity index (χ1n) is 12.6. The highest BCUT2D eigenvalue weighted by molar-refractivity contribution is 6.04. The summed E-state index contributed by atoms with van der Waals surface area (Å²) in [6, 6.07) is 11.3. The molecular formula is C28H36N4O6. The molecule has 2 unspecified atom stereocenters. The van der Waals surface area contributed by atoms with Crippen molar-refractivity contribution < 1.29 is 28.7 Å². The molecule has 0 saturated carbocycles. The quantitative estimate of drug-likeness (QED) is 0.0905. The number of nitrogens with one attached hydrogen (secondary N) is 2. The van der Waals surface area contributed by atoms with Crippen LogP contribution < -0.4 is 22.1 Å². The van der Waals surface area contributed by atoms with Gasteiger partial charge >= 0.3 is 5.97 Å². The van der Waals surface area contributed by atoms with Gasteiger partial charge < -0.3 is 31.6 Å². The van der Waals surface area contributed by atoms with Gasteiger partial charge in [-0.25, -0.2) is 4.79 Å². The van der Waals surface area contributed by atoms with Crippen molar-refractivity contribution in [3.05, 3.63) is 59.7 Å². The highest BCUT2D eigenvalue weighted by atomic mass is 16.5. The molecule has 0 radical (unpaired) electrons. The first-order chi connectivity index (χ1) is 18.2. The number of ether oxygens (including phenoxy) is 1. The average molecular weight is 525 g/mol. The van der Waals surface area contributed by atoms with Crippen LogP contribution in [0.4, 0.5) is 11.4 Å². The monoisotopic (exact) mass is 524 g/mol. The van der Waals surface area contributed by atoms with Crippen molar-refractivity contribution in [3.8, 4) is 0 Å². The third kappa shape index (κ3) is 7.64. The van der Waals surface area contributed by atoms with Crippen molar-refractivity contribution in [2.24, 2.45) is 0 Å². The van der Waals surface area contributed by atoms with Gasteiger partial charge in [0.05, 0.1) is 6.61 Å². The molecule has 0 fully saturated rings. The Morgan fingerprint density at radius 1 is 0.974 bits per heavy atom. The molecule has 204 valence electrons. The number of carbonyl (C=O) groups excluding carboxylic acids is 5. The maximum absolute atomic E-state index is 13.7. The minimum atomic E-state index is -1.97. The highest BCUT2D eigenvalue weighted by Gasteiger charge is 2.46. The molecule has 0 aromatic heterocycles. The third-order valence-electron chi connectivity index (χ3n) is 6.01. The third-order valence-corrected chi connectivity index (χ3v) is 6.01. The van der Waals surface area contributed by atoms with Crippen LogP contribution in [0.25, 0.3) is 0 Å². The van der Waals surface area contributed by atoms with Gasteiger partial charge in [-0.1, -0.05) is 50.6 Å². The molecule has 10 nitrogen and oxygen atoms in total. The summed E-state index contributed by atoms with van der Waals surface area (Å²) in [7, 11) is 0. The minimum Gasteiger partial charge on any atom is -0.464 e. The molecule has 2 amide bonds. The van der Waals surface area contributed by atoms with Crippen LogP contribution in [-0.2, 0) is 29.5 Å². The molecule has 2 aromatic rings. The molecule has 0 aliphatic rings. The van der Waals surface area contributed by atoms with Gasteiger partial charge in [0.2, 0.25) is 11.8 Å². The fraction of sp³-hybridized carbons (Fsp3) is 0.393. The van der Waals surface area contributed by atoms with Gasteiger partial charge in [0.1, 0.15) is 12.3 Å². The molecule has 2 rings (SSSR count). The number of rotatable bonds is 15. The lowest BCUT2D eigenvalue weighted by atomic mass is 9.85. The predicted molar refractivity (Wildman–Crippen MR) is 144 cm³/mol. The van der Waals surface area contributed by atoms with E-state index < -0.39 is 48.0 Å². The van der Waals surface area contributed by atoms with Gasteiger partial charge in [0.15, 0.2) is 11.3 Å². The van der Waals surface area contributed by atoms with Crippen LogP contribution in [0.15, 0.2) is 48.5 Å². The molecule has 0 spiro atoms. The number of aldehydes is 1. The lowest BCUT2D eigenvalue weighted by Crippen LogP contribution is -2.58. The molecule has 10 heteroatoms. The molecule has 2 aromatic carbocycles. The molecule has 38 heavy (non-hydrogen) atoms. The van der Waals surface area contributed by atoms with Crippen molar-refractivity contribution in [1.82, 2.24) is 10.6 Å². The number of benzene rings is 2. The van der Waals surface area contributed by atoms with Gasteiger partial charge in [-0.05, 0) is 31.0 Å². The maximum atomic E-state index is 13.7. The number of nitrogens with two attached hydrogens (primary N) is 2. The van der Waals surface area contributed by atoms with E-state index in [4.69, 9.17) is 16.2 Å². The summed E-state index contributed by atoms with van der Waals surface area (Å²) in [5, 5.41) is 5.19. The summed E-state index contributed by atoms with van der Waals surface area (Å²) in [6.45, 7) is 3.79. The number of esters is 1. The summed E-state index contributed by atoms with van der Waals surface area (Å²) in [6.07, 6.45) is 1.53. The molecule has 0 bridgehead atoms. The van der Waals surface area contributed by atoms with Crippen LogP contribution in [0, 0.1) is 0 Å². The molecule has 0 aliphatic carbocycles. The lowest BCUT2D eigenvalue weighted by Gasteiger charge is -2.34. The molecule has 0 aliphatic heterocycles. The number of para-hydroxylation sites is 2. The molecule has 0 saturated heterocycles. The Labute approximate surface area is 222 Å². The van der Waals surface area contributed by atoms with E-state index in [1.165, 1.54) is 18.2 Å². The summed E-state index contributed by atoms with van der Waals surface area (Å²) < 4.78 is 5.44. The number of nitrogen functional groups attached to an aromatic ring is 2. The van der Waals surface area contributed by atoms with E-state index >= 15 is 0 Å². The van der Waals surface area contributed by atoms with E-state index in [1.807, 2.05) is 6.92 Å². The van der Waals surface area contributed by atoms with Gasteiger partial charge in [0.25, 0.3) is 0 Å². The fourth-order valence-corrected chi connectivity index (χ4v) is 3.96. The first kappa shape index (κ1) is 30.0. The van der Waals surface area contributed by atoms with E-state index in [2.05, 4.69) is 10.6 Å². The largest absolute Gasteiger partial charge is 0.464 e. The Morgan fingerprint density at radius 3 is 2.24 bits per heavy atom. The van der Waals surface area contributed by atoms with E-state index in [0.717, 1.165) is 6.42 Å². The second-order valence-electron chi connectivity index (χ2n) is 8.93. The Kier molecular flexibility index (Phi) is 11.5. The van der Waals surface area contributed by atoms with Gasteiger partial charge in [0, 0.05) is 41.8 Å². The van der Waals surface area contributed by atoms with Crippen LogP contribution in [0.1, 0.15) is 68.3 Å². The van der Waals surface area contributed by atoms with Gasteiger partial charge in [-0.2, -0.15) is 0 Å². The number of ketones is 1. The summed E-state index contributed by atoms with van der Waals surface area (Å²) in [5.41, 5.74) is 10.9. The summed E-state index contributed by atoms with van der Waals surface area (Å²) in [4.78, 5) is 64.5. The fourth-order valence-electron chi connectivity index (χ4n) is 3.96. The number of unbranched alkanes of at least 4 members (excludes halogenated alkanes) is 1. The lowest BCUT2D eigenvalue weighted by molar-refractivity contribution is -0.155. The first-order valence-corrected chi connectivity index (χ1v) is 12.6. The van der Waals surface area contributed by atoms with Crippen LogP contribution in [-0.4, -0.2) is 42.5 Å². The van der Waals surface area contributed by atoms with Gasteiger partial charge in [-0.15, -0.1) is 0 Å². The van der Waals surface area contributed by atoms with Crippen LogP contribution in [0.5, 0.6) is 0 Å². The number of hydrogen-bond donors (Lipinski definition) is 4. The van der Waals surface area contributed by atoms with Crippen molar-refractivity contribution in [2.75, 3.05) is 18.1 Å². The SMILES string of the molecule is CCCCOC(=O)C(CC=O)(NC(=O)C(CC(=O)c1ccccc1N)NC(=O)CCC)c1ccccc1N. The second-order valence-corrected chi connectivity index (χ2v) is 8.93. The predicted octanol–water partition coefficient (Wildman–Crippen LogP) is 2.65. The van der Waals surface area contributed by atoms with Crippen molar-refractivity contribution in [1.29, 1.82) is 0 Å². The molecule has 0 heterocycles. The number of hydrogen-bond acceptors (Lipinski definition) is 8.